The first kappa shape index (κ1) is 17.8. The van der Waals surface area contributed by atoms with E-state index in [9.17, 15) is 4.79 Å². The molecule has 0 radical (unpaired) electrons. The van der Waals surface area contributed by atoms with Gasteiger partial charge in [0.25, 0.3) is 0 Å². The maximum absolute atomic E-state index is 11.5. The molecule has 21 heavy (non-hydrogen) atoms. The Morgan fingerprint density at radius 2 is 2.05 bits per heavy atom. The van der Waals surface area contributed by atoms with Crippen LogP contribution in [0, 0.1) is 5.92 Å². The van der Waals surface area contributed by atoms with Gasteiger partial charge in [-0.1, -0.05) is 26.7 Å². The molecule has 0 aliphatic carbocycles. The lowest BCUT2D eigenvalue weighted by Crippen LogP contribution is -2.39. The van der Waals surface area contributed by atoms with Gasteiger partial charge in [0, 0.05) is 39.1 Å². The van der Waals surface area contributed by atoms with E-state index in [0.717, 1.165) is 57.9 Å². The maximum atomic E-state index is 11.5. The Kier molecular flexibility index (Phi) is 8.87. The molecule has 0 unspecified atom stereocenters. The van der Waals surface area contributed by atoms with Gasteiger partial charge in [-0.15, -0.1) is 0 Å². The van der Waals surface area contributed by atoms with Gasteiger partial charge in [-0.25, -0.2) is 0 Å². The molecular formula is C16H32N4O. The van der Waals surface area contributed by atoms with Gasteiger partial charge in [-0.05, 0) is 25.7 Å². The third kappa shape index (κ3) is 6.82. The highest BCUT2D eigenvalue weighted by molar-refractivity contribution is 5.79. The maximum Gasteiger partial charge on any atom is 0.222 e. The number of hydrogen-bond donors (Lipinski definition) is 2. The Labute approximate surface area is 129 Å². The van der Waals surface area contributed by atoms with Gasteiger partial charge in [0.2, 0.25) is 5.91 Å². The van der Waals surface area contributed by atoms with Gasteiger partial charge in [-0.3, -0.25) is 9.79 Å². The average Bonchev–Trinajstić information content (AvgIpc) is 2.89. The molecule has 0 spiro atoms. The standard InChI is InChI=1S/C16H32N4O/c1-4-14(5-2)13-19-16(17-6-3)18-10-8-12-20-11-7-9-15(20)21/h14H,4-13H2,1-3H3,(H2,17,18,19). The Balaban J connectivity index is 2.26. The van der Waals surface area contributed by atoms with Crippen LogP contribution in [0.2, 0.25) is 0 Å². The molecule has 122 valence electrons. The highest BCUT2D eigenvalue weighted by atomic mass is 16.2. The topological polar surface area (TPSA) is 56.7 Å². The molecule has 1 aliphatic rings. The van der Waals surface area contributed by atoms with Crippen LogP contribution in [0.5, 0.6) is 0 Å². The van der Waals surface area contributed by atoms with E-state index < -0.39 is 0 Å². The summed E-state index contributed by atoms with van der Waals surface area (Å²) in [6, 6.07) is 0. The molecule has 1 saturated heterocycles. The molecule has 1 fully saturated rings. The van der Waals surface area contributed by atoms with Gasteiger partial charge in [-0.2, -0.15) is 0 Å². The highest BCUT2D eigenvalue weighted by Crippen LogP contribution is 2.09. The number of hydrogen-bond acceptors (Lipinski definition) is 2. The smallest absolute Gasteiger partial charge is 0.222 e. The van der Waals surface area contributed by atoms with Gasteiger partial charge < -0.3 is 15.5 Å². The molecule has 1 amide bonds. The Morgan fingerprint density at radius 1 is 1.29 bits per heavy atom. The minimum atomic E-state index is 0.310. The van der Waals surface area contributed by atoms with E-state index in [-0.39, 0.29) is 0 Å². The van der Waals surface area contributed by atoms with Crippen molar-refractivity contribution in [2.24, 2.45) is 10.9 Å². The largest absolute Gasteiger partial charge is 0.357 e. The Hall–Kier alpha value is -1.26. The van der Waals surface area contributed by atoms with Crippen LogP contribution in [-0.4, -0.2) is 49.5 Å². The average molecular weight is 296 g/mol. The van der Waals surface area contributed by atoms with Crippen LogP contribution in [0.4, 0.5) is 0 Å². The summed E-state index contributed by atoms with van der Waals surface area (Å²) in [5, 5.41) is 6.65. The first-order valence-corrected chi connectivity index (χ1v) is 8.51. The minimum Gasteiger partial charge on any atom is -0.357 e. The molecule has 1 aliphatic heterocycles. The normalized spacial score (nSPS) is 15.9. The fourth-order valence-electron chi connectivity index (χ4n) is 2.53. The monoisotopic (exact) mass is 296 g/mol. The third-order valence-corrected chi connectivity index (χ3v) is 4.08. The number of guanidine groups is 1. The summed E-state index contributed by atoms with van der Waals surface area (Å²) in [5.41, 5.74) is 0. The van der Waals surface area contributed by atoms with Crippen LogP contribution < -0.4 is 10.6 Å². The molecule has 0 atom stereocenters. The van der Waals surface area contributed by atoms with Crippen molar-refractivity contribution in [3.63, 3.8) is 0 Å². The zero-order valence-corrected chi connectivity index (χ0v) is 14.0. The lowest BCUT2D eigenvalue weighted by atomic mass is 10.0. The molecule has 0 aromatic rings. The molecule has 2 N–H and O–H groups in total. The highest BCUT2D eigenvalue weighted by Gasteiger charge is 2.18. The number of amides is 1. The van der Waals surface area contributed by atoms with Crippen LogP contribution >= 0.6 is 0 Å². The van der Waals surface area contributed by atoms with Crippen LogP contribution in [0.15, 0.2) is 4.99 Å². The molecule has 0 aromatic carbocycles. The van der Waals surface area contributed by atoms with Crippen molar-refractivity contribution in [3.05, 3.63) is 0 Å². The lowest BCUT2D eigenvalue weighted by Gasteiger charge is -2.17. The fraction of sp³-hybridized carbons (Fsp3) is 0.875. The van der Waals surface area contributed by atoms with Crippen LogP contribution in [-0.2, 0) is 4.79 Å². The molecule has 5 nitrogen and oxygen atoms in total. The number of nitrogens with zero attached hydrogens (tertiary/aromatic N) is 2. The molecule has 0 saturated carbocycles. The van der Waals surface area contributed by atoms with E-state index in [4.69, 9.17) is 0 Å². The Bertz CT molecular complexity index is 326. The van der Waals surface area contributed by atoms with E-state index >= 15 is 0 Å². The second kappa shape index (κ2) is 10.5. The SMILES string of the molecule is CCNC(=NCC(CC)CC)NCCCN1CCCC1=O. The molecule has 1 heterocycles. The first-order valence-electron chi connectivity index (χ1n) is 8.51. The zero-order chi connectivity index (χ0) is 15.5. The van der Waals surface area contributed by atoms with Crippen molar-refractivity contribution in [2.45, 2.75) is 52.9 Å². The van der Waals surface area contributed by atoms with Crippen molar-refractivity contribution < 1.29 is 4.79 Å². The van der Waals surface area contributed by atoms with Crippen molar-refractivity contribution in [2.75, 3.05) is 32.7 Å². The minimum absolute atomic E-state index is 0.310. The van der Waals surface area contributed by atoms with Gasteiger partial charge in [0.1, 0.15) is 0 Å². The van der Waals surface area contributed by atoms with Crippen molar-refractivity contribution in [3.8, 4) is 0 Å². The van der Waals surface area contributed by atoms with Crippen molar-refractivity contribution >= 4 is 11.9 Å². The summed E-state index contributed by atoms with van der Waals surface area (Å²) in [5.74, 6) is 1.88. The second-order valence-corrected chi connectivity index (χ2v) is 5.67. The summed E-state index contributed by atoms with van der Waals surface area (Å²) in [6.07, 6.45) is 5.08. The number of carbonyl (C=O) groups excluding carboxylic acids is 1. The number of carbonyl (C=O) groups is 1. The fourth-order valence-corrected chi connectivity index (χ4v) is 2.53. The molecule has 5 heteroatoms. The summed E-state index contributed by atoms with van der Waals surface area (Å²) >= 11 is 0. The third-order valence-electron chi connectivity index (χ3n) is 4.08. The predicted molar refractivity (Wildman–Crippen MR) is 88.5 cm³/mol. The summed E-state index contributed by atoms with van der Waals surface area (Å²) in [7, 11) is 0. The summed E-state index contributed by atoms with van der Waals surface area (Å²) < 4.78 is 0. The number of aliphatic imine (C=N–C) groups is 1. The summed E-state index contributed by atoms with van der Waals surface area (Å²) in [6.45, 7) is 10.9. The molecule has 0 aromatic heterocycles. The zero-order valence-electron chi connectivity index (χ0n) is 14.0. The Morgan fingerprint density at radius 3 is 2.62 bits per heavy atom. The van der Waals surface area contributed by atoms with Gasteiger partial charge >= 0.3 is 0 Å². The number of likely N-dealkylation sites (tertiary alicyclic amines) is 1. The molecule has 1 rings (SSSR count). The quantitative estimate of drug-likeness (QED) is 0.389. The van der Waals surface area contributed by atoms with E-state index in [1.807, 2.05) is 4.90 Å². The van der Waals surface area contributed by atoms with E-state index in [1.54, 1.807) is 0 Å². The van der Waals surface area contributed by atoms with Gasteiger partial charge in [0.05, 0.1) is 0 Å². The van der Waals surface area contributed by atoms with Crippen molar-refractivity contribution in [1.29, 1.82) is 0 Å². The van der Waals surface area contributed by atoms with E-state index in [1.165, 1.54) is 12.8 Å². The van der Waals surface area contributed by atoms with E-state index in [0.29, 0.717) is 11.8 Å². The number of rotatable bonds is 9. The molecular weight excluding hydrogens is 264 g/mol. The van der Waals surface area contributed by atoms with Crippen LogP contribution in [0.1, 0.15) is 52.9 Å². The lowest BCUT2D eigenvalue weighted by molar-refractivity contribution is -0.127. The molecule has 0 bridgehead atoms. The summed E-state index contributed by atoms with van der Waals surface area (Å²) in [4.78, 5) is 18.1. The second-order valence-electron chi connectivity index (χ2n) is 5.67. The van der Waals surface area contributed by atoms with Gasteiger partial charge in [0.15, 0.2) is 5.96 Å². The van der Waals surface area contributed by atoms with E-state index in [2.05, 4.69) is 36.4 Å². The first-order chi connectivity index (χ1) is 10.2. The number of nitrogens with one attached hydrogen (secondary N) is 2. The predicted octanol–water partition coefficient (Wildman–Crippen LogP) is 1.99. The van der Waals surface area contributed by atoms with Crippen LogP contribution in [0.25, 0.3) is 0 Å². The van der Waals surface area contributed by atoms with Crippen LogP contribution in [0.3, 0.4) is 0 Å². The van der Waals surface area contributed by atoms with Crippen molar-refractivity contribution in [1.82, 2.24) is 15.5 Å².